The van der Waals surface area contributed by atoms with Crippen LogP contribution < -0.4 is 14.4 Å². The first-order valence-electron chi connectivity index (χ1n) is 11.4. The summed E-state index contributed by atoms with van der Waals surface area (Å²) in [5, 5.41) is 0. The van der Waals surface area contributed by atoms with E-state index in [0.717, 1.165) is 4.90 Å². The third kappa shape index (κ3) is 2.73. The molecule has 1 spiro atoms. The average Bonchev–Trinajstić information content (AvgIpc) is 3.48. The van der Waals surface area contributed by atoms with Crippen molar-refractivity contribution in [3.63, 3.8) is 0 Å². The van der Waals surface area contributed by atoms with E-state index in [-0.39, 0.29) is 11.1 Å². The summed E-state index contributed by atoms with van der Waals surface area (Å²) in [6.45, 7) is 0. The van der Waals surface area contributed by atoms with Crippen LogP contribution in [0.4, 0.5) is 5.69 Å². The van der Waals surface area contributed by atoms with Gasteiger partial charge in [-0.05, 0) is 29.8 Å². The molecule has 3 aromatic rings. The number of hydrogen-bond donors (Lipinski definition) is 0. The van der Waals surface area contributed by atoms with Crippen LogP contribution in [0.15, 0.2) is 72.8 Å². The Bertz CT molecular complexity index is 1410. The van der Waals surface area contributed by atoms with Crippen molar-refractivity contribution in [1.29, 1.82) is 0 Å². The zero-order valence-corrected chi connectivity index (χ0v) is 19.5. The van der Waals surface area contributed by atoms with E-state index in [0.29, 0.717) is 22.7 Å². The molecule has 0 aromatic heterocycles. The third-order valence-electron chi connectivity index (χ3n) is 7.27. The van der Waals surface area contributed by atoms with E-state index >= 15 is 0 Å². The quantitative estimate of drug-likeness (QED) is 0.414. The van der Waals surface area contributed by atoms with Crippen molar-refractivity contribution in [2.75, 3.05) is 19.1 Å². The van der Waals surface area contributed by atoms with Crippen LogP contribution in [0.2, 0.25) is 0 Å². The van der Waals surface area contributed by atoms with E-state index in [9.17, 15) is 19.2 Å². The Hall–Kier alpha value is -4.30. The van der Waals surface area contributed by atoms with Crippen LogP contribution >= 0.6 is 0 Å². The molecule has 8 nitrogen and oxygen atoms in total. The van der Waals surface area contributed by atoms with E-state index in [2.05, 4.69) is 0 Å². The molecular weight excluding hydrogens is 462 g/mol. The summed E-state index contributed by atoms with van der Waals surface area (Å²) in [6, 6.07) is 19.8. The second kappa shape index (κ2) is 7.86. The third-order valence-corrected chi connectivity index (χ3v) is 7.27. The normalized spacial score (nSPS) is 23.8. The maximum atomic E-state index is 13.9. The van der Waals surface area contributed by atoms with Gasteiger partial charge in [-0.1, -0.05) is 48.5 Å². The molecule has 2 saturated heterocycles. The van der Waals surface area contributed by atoms with Gasteiger partial charge in [-0.2, -0.15) is 0 Å². The highest BCUT2D eigenvalue weighted by Crippen LogP contribution is 2.58. The molecule has 0 bridgehead atoms. The Kier molecular flexibility index (Phi) is 4.84. The topological polar surface area (TPSA) is 99.2 Å². The SMILES string of the molecule is COc1ccc([C@@H]2OC3(C(=O)c4ccccc4C3=O)[C@@H]3C(=O)N(c4ccccc4)C(=O)[C@@H]32)cc1OC. The lowest BCUT2D eigenvalue weighted by molar-refractivity contribution is -0.127. The predicted molar refractivity (Wildman–Crippen MR) is 127 cm³/mol. The van der Waals surface area contributed by atoms with E-state index in [1.54, 1.807) is 72.8 Å². The molecule has 3 aliphatic rings. The molecule has 3 atom stereocenters. The molecule has 180 valence electrons. The molecule has 0 radical (unpaired) electrons. The molecule has 3 aromatic carbocycles. The predicted octanol–water partition coefficient (Wildman–Crippen LogP) is 3.40. The number of anilines is 1. The Morgan fingerprint density at radius 3 is 1.97 bits per heavy atom. The molecule has 0 unspecified atom stereocenters. The van der Waals surface area contributed by atoms with Gasteiger partial charge < -0.3 is 14.2 Å². The summed E-state index contributed by atoms with van der Waals surface area (Å²) < 4.78 is 17.0. The maximum absolute atomic E-state index is 13.9. The number of hydrogen-bond acceptors (Lipinski definition) is 7. The van der Waals surface area contributed by atoms with Crippen molar-refractivity contribution in [2.45, 2.75) is 11.7 Å². The van der Waals surface area contributed by atoms with Gasteiger partial charge in [0.25, 0.3) is 0 Å². The number of benzene rings is 3. The monoisotopic (exact) mass is 483 g/mol. The van der Waals surface area contributed by atoms with Crippen LogP contribution in [-0.2, 0) is 14.3 Å². The minimum absolute atomic E-state index is 0.188. The van der Waals surface area contributed by atoms with E-state index in [4.69, 9.17) is 14.2 Å². The molecule has 8 heteroatoms. The van der Waals surface area contributed by atoms with Crippen LogP contribution in [-0.4, -0.2) is 43.2 Å². The number of carbonyl (C=O) groups excluding carboxylic acids is 4. The fourth-order valence-electron chi connectivity index (χ4n) is 5.68. The van der Waals surface area contributed by atoms with Crippen LogP contribution in [0.1, 0.15) is 32.4 Å². The number of carbonyl (C=O) groups is 4. The van der Waals surface area contributed by atoms with Crippen molar-refractivity contribution in [2.24, 2.45) is 11.8 Å². The standard InChI is InChI=1S/C28H21NO7/c1-34-19-13-12-15(14-20(19)35-2)23-21-22(27(33)29(26(21)32)16-8-4-3-5-9-16)28(36-23)24(30)17-10-6-7-11-18(17)25(28)31/h3-14,21-23H,1-2H3/t21-,22-,23-/m0/s1. The van der Waals surface area contributed by atoms with Gasteiger partial charge in [0.2, 0.25) is 29.0 Å². The van der Waals surface area contributed by atoms with Gasteiger partial charge in [0, 0.05) is 11.1 Å². The molecular formula is C28H21NO7. The summed E-state index contributed by atoms with van der Waals surface area (Å²) in [4.78, 5) is 56.4. The largest absolute Gasteiger partial charge is 0.493 e. The first-order chi connectivity index (χ1) is 17.4. The Morgan fingerprint density at radius 1 is 0.750 bits per heavy atom. The van der Waals surface area contributed by atoms with Crippen LogP contribution in [0, 0.1) is 11.8 Å². The minimum atomic E-state index is -2.12. The van der Waals surface area contributed by atoms with E-state index < -0.39 is 46.9 Å². The van der Waals surface area contributed by atoms with Gasteiger partial charge in [-0.15, -0.1) is 0 Å². The summed E-state index contributed by atoms with van der Waals surface area (Å²) >= 11 is 0. The molecule has 2 heterocycles. The number of methoxy groups -OCH3 is 2. The van der Waals surface area contributed by atoms with Gasteiger partial charge in [0.05, 0.1) is 37.8 Å². The number of para-hydroxylation sites is 1. The highest BCUT2D eigenvalue weighted by Gasteiger charge is 2.74. The lowest BCUT2D eigenvalue weighted by Crippen LogP contribution is -2.51. The first-order valence-corrected chi connectivity index (χ1v) is 11.4. The Morgan fingerprint density at radius 2 is 1.36 bits per heavy atom. The number of ketones is 2. The number of Topliss-reactive ketones (excluding diaryl/α,β-unsaturated/α-hetero) is 2. The molecule has 2 fully saturated rings. The molecule has 1 aliphatic carbocycles. The van der Waals surface area contributed by atoms with Gasteiger partial charge in [0.15, 0.2) is 11.5 Å². The second-order valence-electron chi connectivity index (χ2n) is 8.94. The Labute approximate surface area is 206 Å². The van der Waals surface area contributed by atoms with Crippen molar-refractivity contribution < 1.29 is 33.4 Å². The second-order valence-corrected chi connectivity index (χ2v) is 8.94. The number of fused-ring (bicyclic) bond motifs is 3. The van der Waals surface area contributed by atoms with Gasteiger partial charge in [0.1, 0.15) is 0 Å². The van der Waals surface area contributed by atoms with Crippen molar-refractivity contribution in [1.82, 2.24) is 0 Å². The van der Waals surface area contributed by atoms with E-state index in [1.807, 2.05) is 0 Å². The lowest BCUT2D eigenvalue weighted by Gasteiger charge is -2.27. The molecule has 0 saturated carbocycles. The number of rotatable bonds is 4. The number of amides is 2. The molecule has 36 heavy (non-hydrogen) atoms. The minimum Gasteiger partial charge on any atom is -0.493 e. The van der Waals surface area contributed by atoms with Crippen LogP contribution in [0.25, 0.3) is 0 Å². The zero-order valence-electron chi connectivity index (χ0n) is 19.5. The maximum Gasteiger partial charge on any atom is 0.241 e. The number of ether oxygens (including phenoxy) is 3. The van der Waals surface area contributed by atoms with Gasteiger partial charge in [-0.25, -0.2) is 4.90 Å². The molecule has 0 N–H and O–H groups in total. The first kappa shape index (κ1) is 22.2. The highest BCUT2D eigenvalue weighted by molar-refractivity contribution is 6.37. The van der Waals surface area contributed by atoms with Crippen molar-refractivity contribution >= 4 is 29.1 Å². The van der Waals surface area contributed by atoms with Crippen molar-refractivity contribution in [3.05, 3.63) is 89.5 Å². The molecule has 2 amide bonds. The molecule has 6 rings (SSSR count). The van der Waals surface area contributed by atoms with E-state index in [1.165, 1.54) is 14.2 Å². The lowest BCUT2D eigenvalue weighted by atomic mass is 9.77. The van der Waals surface area contributed by atoms with Crippen LogP contribution in [0.3, 0.4) is 0 Å². The highest BCUT2D eigenvalue weighted by atomic mass is 16.5. The Balaban J connectivity index is 1.54. The smallest absolute Gasteiger partial charge is 0.241 e. The molecule has 2 aliphatic heterocycles. The summed E-state index contributed by atoms with van der Waals surface area (Å²) in [6.07, 6.45) is -1.04. The fraction of sp³-hybridized carbons (Fsp3) is 0.214. The fourth-order valence-corrected chi connectivity index (χ4v) is 5.68. The summed E-state index contributed by atoms with van der Waals surface area (Å²) in [5.74, 6) is -3.90. The van der Waals surface area contributed by atoms with Crippen molar-refractivity contribution in [3.8, 4) is 11.5 Å². The summed E-state index contributed by atoms with van der Waals surface area (Å²) in [5.41, 5.74) is -0.881. The summed E-state index contributed by atoms with van der Waals surface area (Å²) in [7, 11) is 2.97. The number of nitrogens with zero attached hydrogens (tertiary/aromatic N) is 1. The van der Waals surface area contributed by atoms with Gasteiger partial charge >= 0.3 is 0 Å². The van der Waals surface area contributed by atoms with Crippen LogP contribution in [0.5, 0.6) is 11.5 Å². The van der Waals surface area contributed by atoms with Gasteiger partial charge in [-0.3, -0.25) is 19.2 Å². The average molecular weight is 483 g/mol. The number of imide groups is 1. The zero-order chi connectivity index (χ0) is 25.2.